The molecule has 0 fully saturated rings. The zero-order valence-electron chi connectivity index (χ0n) is 20.3. The van der Waals surface area contributed by atoms with Crippen LogP contribution in [0.3, 0.4) is 0 Å². The Balaban J connectivity index is 1.71. The number of aromatic carboxylic acids is 1. The Morgan fingerprint density at radius 2 is 1.73 bits per heavy atom. The van der Waals surface area contributed by atoms with Crippen LogP contribution < -0.4 is 10.3 Å². The van der Waals surface area contributed by atoms with Crippen molar-refractivity contribution < 1.29 is 24.2 Å². The second kappa shape index (κ2) is 10.9. The summed E-state index contributed by atoms with van der Waals surface area (Å²) in [5.74, 6) is -1.65. The van der Waals surface area contributed by atoms with Crippen molar-refractivity contribution in [3.63, 3.8) is 0 Å². The lowest BCUT2D eigenvalue weighted by Gasteiger charge is -2.22. The van der Waals surface area contributed by atoms with Gasteiger partial charge in [-0.3, -0.25) is 4.79 Å². The monoisotopic (exact) mass is 500 g/mol. The number of carbonyl (C=O) groups is 1. The number of hydrogen-bond acceptors (Lipinski definition) is 5. The molecule has 0 bridgehead atoms. The molecule has 1 unspecified atom stereocenters. The summed E-state index contributed by atoms with van der Waals surface area (Å²) in [5, 5.41) is 22.5. The number of carboxylic acid groups (broad SMARTS) is 1. The van der Waals surface area contributed by atoms with E-state index in [0.29, 0.717) is 16.8 Å². The van der Waals surface area contributed by atoms with E-state index in [1.54, 1.807) is 43.6 Å². The van der Waals surface area contributed by atoms with Crippen LogP contribution in [0, 0.1) is 12.7 Å². The van der Waals surface area contributed by atoms with Crippen molar-refractivity contribution in [2.45, 2.75) is 19.3 Å². The van der Waals surface area contributed by atoms with E-state index in [1.807, 2.05) is 31.2 Å². The predicted octanol–water partition coefficient (Wildman–Crippen LogP) is 5.72. The molecule has 2 N–H and O–H groups in total. The van der Waals surface area contributed by atoms with Gasteiger partial charge in [-0.25, -0.2) is 9.18 Å². The molecular weight excluding hydrogens is 475 g/mol. The molecule has 1 atom stereocenters. The minimum atomic E-state index is -1.09. The van der Waals surface area contributed by atoms with E-state index < -0.39 is 17.7 Å². The molecule has 0 saturated heterocycles. The van der Waals surface area contributed by atoms with Crippen LogP contribution in [0.1, 0.15) is 45.0 Å². The summed E-state index contributed by atoms with van der Waals surface area (Å²) in [4.78, 5) is 23.1. The number of ether oxygens (including phenoxy) is 1. The maximum atomic E-state index is 15.6. The highest BCUT2D eigenvalue weighted by molar-refractivity contribution is 6.00. The number of halogens is 1. The van der Waals surface area contributed by atoms with Gasteiger partial charge in [0.05, 0.1) is 11.3 Å². The standard InChI is InChI=1S/C29H25FN2O5/c1-18-6-3-4-9-23(18)25(16-27(31-36)20-10-13-28(33)32(2)17-20)24-12-11-22(15-26(24)30)37-21-8-5-7-19(14-21)29(34)35/h3-15,17,25,36H,16H2,1-2H3,(H,34,35)/b31-27+. The largest absolute Gasteiger partial charge is 0.478 e. The van der Waals surface area contributed by atoms with Crippen molar-refractivity contribution in [1.29, 1.82) is 0 Å². The van der Waals surface area contributed by atoms with Crippen LogP contribution >= 0.6 is 0 Å². The Bertz CT molecular complexity index is 1540. The van der Waals surface area contributed by atoms with Gasteiger partial charge in [-0.1, -0.05) is 41.6 Å². The number of pyridine rings is 1. The molecule has 0 amide bonds. The van der Waals surface area contributed by atoms with Gasteiger partial charge in [0.15, 0.2) is 0 Å². The van der Waals surface area contributed by atoms with E-state index in [0.717, 1.165) is 11.1 Å². The van der Waals surface area contributed by atoms with E-state index >= 15 is 4.39 Å². The summed E-state index contributed by atoms with van der Waals surface area (Å²) >= 11 is 0. The molecule has 0 aliphatic carbocycles. The van der Waals surface area contributed by atoms with Gasteiger partial charge in [0, 0.05) is 43.3 Å². The molecule has 4 rings (SSSR count). The second-order valence-electron chi connectivity index (χ2n) is 8.65. The molecule has 0 aliphatic heterocycles. The Morgan fingerprint density at radius 1 is 0.973 bits per heavy atom. The van der Waals surface area contributed by atoms with Crippen LogP contribution in [0.15, 0.2) is 95.0 Å². The number of aryl methyl sites for hydroxylation is 2. The summed E-state index contributed by atoms with van der Waals surface area (Å²) in [5.41, 5.74) is 2.86. The molecule has 37 heavy (non-hydrogen) atoms. The van der Waals surface area contributed by atoms with Gasteiger partial charge < -0.3 is 19.6 Å². The average Bonchev–Trinajstić information content (AvgIpc) is 2.88. The molecule has 0 aliphatic rings. The van der Waals surface area contributed by atoms with Crippen molar-refractivity contribution in [3.8, 4) is 11.5 Å². The third-order valence-corrected chi connectivity index (χ3v) is 6.17. The molecule has 8 heteroatoms. The number of nitrogens with zero attached hydrogens (tertiary/aromatic N) is 2. The van der Waals surface area contributed by atoms with Crippen molar-refractivity contribution in [2.24, 2.45) is 12.2 Å². The fourth-order valence-electron chi connectivity index (χ4n) is 4.22. The first-order valence-electron chi connectivity index (χ1n) is 11.5. The van der Waals surface area contributed by atoms with Gasteiger partial charge in [0.1, 0.15) is 17.3 Å². The van der Waals surface area contributed by atoms with Gasteiger partial charge >= 0.3 is 5.97 Å². The lowest BCUT2D eigenvalue weighted by molar-refractivity contribution is 0.0696. The maximum absolute atomic E-state index is 15.6. The van der Waals surface area contributed by atoms with Crippen LogP contribution in [0.25, 0.3) is 0 Å². The van der Waals surface area contributed by atoms with Crippen LogP contribution in [-0.4, -0.2) is 26.6 Å². The second-order valence-corrected chi connectivity index (χ2v) is 8.65. The zero-order chi connectivity index (χ0) is 26.5. The minimum Gasteiger partial charge on any atom is -0.478 e. The number of benzene rings is 3. The predicted molar refractivity (Wildman–Crippen MR) is 138 cm³/mol. The van der Waals surface area contributed by atoms with Crippen LogP contribution in [0.5, 0.6) is 11.5 Å². The molecular formula is C29H25FN2O5. The molecule has 3 aromatic carbocycles. The van der Waals surface area contributed by atoms with E-state index in [2.05, 4.69) is 5.16 Å². The summed E-state index contributed by atoms with van der Waals surface area (Å²) < 4.78 is 22.7. The Morgan fingerprint density at radius 3 is 2.41 bits per heavy atom. The van der Waals surface area contributed by atoms with Crippen molar-refractivity contribution in [3.05, 3.63) is 129 Å². The van der Waals surface area contributed by atoms with Gasteiger partial charge in [0.25, 0.3) is 0 Å². The zero-order valence-corrected chi connectivity index (χ0v) is 20.3. The SMILES string of the molecule is Cc1ccccc1C(C/C(=N\O)c1ccc(=O)n(C)c1)c1ccc(Oc2cccc(C(=O)O)c2)cc1F. The van der Waals surface area contributed by atoms with E-state index in [-0.39, 0.29) is 29.0 Å². The lowest BCUT2D eigenvalue weighted by Crippen LogP contribution is -2.18. The molecule has 7 nitrogen and oxygen atoms in total. The third kappa shape index (κ3) is 5.75. The van der Waals surface area contributed by atoms with Crippen molar-refractivity contribution in [1.82, 2.24) is 4.57 Å². The first-order valence-corrected chi connectivity index (χ1v) is 11.5. The summed E-state index contributed by atoms with van der Waals surface area (Å²) in [7, 11) is 1.60. The lowest BCUT2D eigenvalue weighted by atomic mass is 9.83. The number of hydrogen-bond donors (Lipinski definition) is 2. The van der Waals surface area contributed by atoms with Gasteiger partial charge in [-0.2, -0.15) is 0 Å². The highest BCUT2D eigenvalue weighted by Crippen LogP contribution is 2.35. The average molecular weight is 501 g/mol. The number of oxime groups is 1. The molecule has 0 radical (unpaired) electrons. The summed E-state index contributed by atoms with van der Waals surface area (Å²) in [6, 6.07) is 20.9. The Kier molecular flexibility index (Phi) is 7.48. The van der Waals surface area contributed by atoms with Crippen LogP contribution in [0.2, 0.25) is 0 Å². The van der Waals surface area contributed by atoms with Crippen molar-refractivity contribution >= 4 is 11.7 Å². The fraction of sp³-hybridized carbons (Fsp3) is 0.138. The molecule has 1 heterocycles. The summed E-state index contributed by atoms with van der Waals surface area (Å²) in [6.45, 7) is 1.93. The van der Waals surface area contributed by atoms with Crippen molar-refractivity contribution in [2.75, 3.05) is 0 Å². The van der Waals surface area contributed by atoms with Gasteiger partial charge in [0.2, 0.25) is 5.56 Å². The van der Waals surface area contributed by atoms with E-state index in [9.17, 15) is 19.9 Å². The first-order chi connectivity index (χ1) is 17.8. The number of aromatic nitrogens is 1. The smallest absolute Gasteiger partial charge is 0.335 e. The molecule has 188 valence electrons. The highest BCUT2D eigenvalue weighted by atomic mass is 19.1. The third-order valence-electron chi connectivity index (χ3n) is 6.17. The maximum Gasteiger partial charge on any atom is 0.335 e. The van der Waals surface area contributed by atoms with E-state index in [1.165, 1.54) is 28.8 Å². The number of carboxylic acids is 1. The van der Waals surface area contributed by atoms with Crippen LogP contribution in [-0.2, 0) is 7.05 Å². The normalized spacial score (nSPS) is 12.2. The molecule has 1 aromatic heterocycles. The van der Waals surface area contributed by atoms with E-state index in [4.69, 9.17) is 4.74 Å². The molecule has 0 spiro atoms. The Labute approximate surface area is 212 Å². The topological polar surface area (TPSA) is 101 Å². The quantitative estimate of drug-likeness (QED) is 0.183. The minimum absolute atomic E-state index is 0.0587. The first kappa shape index (κ1) is 25.4. The van der Waals surface area contributed by atoms with Crippen LogP contribution in [0.4, 0.5) is 4.39 Å². The number of rotatable bonds is 8. The summed E-state index contributed by atoms with van der Waals surface area (Å²) in [6.07, 6.45) is 1.74. The highest BCUT2D eigenvalue weighted by Gasteiger charge is 2.24. The fourth-order valence-corrected chi connectivity index (χ4v) is 4.22. The van der Waals surface area contributed by atoms with Gasteiger partial charge in [-0.05, 0) is 53.9 Å². The Hall–Kier alpha value is -4.72. The molecule has 4 aromatic rings. The molecule has 0 saturated carbocycles. The van der Waals surface area contributed by atoms with Gasteiger partial charge in [-0.15, -0.1) is 0 Å².